The first-order valence-corrected chi connectivity index (χ1v) is 11.2. The molecule has 0 unspecified atom stereocenters. The maximum absolute atomic E-state index is 13.2. The summed E-state index contributed by atoms with van der Waals surface area (Å²) in [5.41, 5.74) is 1.93. The topological polar surface area (TPSA) is 96.6 Å². The van der Waals surface area contributed by atoms with Gasteiger partial charge in [-0.3, -0.25) is 4.79 Å². The van der Waals surface area contributed by atoms with E-state index in [9.17, 15) is 9.90 Å². The Balaban J connectivity index is 1.54. The van der Waals surface area contributed by atoms with Gasteiger partial charge in [0, 0.05) is 25.1 Å². The highest BCUT2D eigenvalue weighted by atomic mass is 16.5. The summed E-state index contributed by atoms with van der Waals surface area (Å²) in [6.07, 6.45) is 4.15. The molecule has 0 atom stereocenters. The van der Waals surface area contributed by atoms with Gasteiger partial charge in [-0.15, -0.1) is 0 Å². The van der Waals surface area contributed by atoms with Crippen molar-refractivity contribution in [3.8, 4) is 17.0 Å². The van der Waals surface area contributed by atoms with E-state index in [-0.39, 0.29) is 11.7 Å². The highest BCUT2D eigenvalue weighted by Crippen LogP contribution is 2.31. The van der Waals surface area contributed by atoms with E-state index in [2.05, 4.69) is 21.9 Å². The van der Waals surface area contributed by atoms with Crippen LogP contribution < -0.4 is 4.90 Å². The number of piperidine rings is 1. The minimum absolute atomic E-state index is 0.0389. The molecular weight excluding hydrogens is 408 g/mol. The van der Waals surface area contributed by atoms with Gasteiger partial charge in [-0.05, 0) is 51.0 Å². The molecule has 3 aromatic rings. The van der Waals surface area contributed by atoms with Gasteiger partial charge in [0.15, 0.2) is 5.65 Å². The van der Waals surface area contributed by atoms with Crippen molar-refractivity contribution < 1.29 is 14.6 Å². The summed E-state index contributed by atoms with van der Waals surface area (Å²) < 4.78 is 6.91. The summed E-state index contributed by atoms with van der Waals surface area (Å²) in [6, 6.07) is 6.97. The molecule has 2 aromatic heterocycles. The number of nitrogens with zero attached hydrogens (tertiary/aromatic N) is 6. The molecule has 2 saturated heterocycles. The van der Waals surface area contributed by atoms with Gasteiger partial charge in [-0.1, -0.05) is 12.1 Å². The summed E-state index contributed by atoms with van der Waals surface area (Å²) in [5.74, 6) is 1.04. The summed E-state index contributed by atoms with van der Waals surface area (Å²) in [5, 5.41) is 15.1. The van der Waals surface area contributed by atoms with E-state index in [0.717, 1.165) is 31.5 Å². The second-order valence-electron chi connectivity index (χ2n) is 8.66. The van der Waals surface area contributed by atoms with Crippen LogP contribution in [0.2, 0.25) is 0 Å². The number of aromatic nitrogens is 4. The minimum atomic E-state index is -0.0389. The number of morpholine rings is 1. The Labute approximate surface area is 186 Å². The monoisotopic (exact) mass is 436 g/mol. The minimum Gasteiger partial charge on any atom is -0.508 e. The lowest BCUT2D eigenvalue weighted by atomic mass is 9.93. The van der Waals surface area contributed by atoms with E-state index in [1.165, 1.54) is 4.68 Å². The summed E-state index contributed by atoms with van der Waals surface area (Å²) in [6.45, 7) is 4.62. The quantitative estimate of drug-likeness (QED) is 0.666. The first kappa shape index (κ1) is 20.8. The van der Waals surface area contributed by atoms with E-state index in [4.69, 9.17) is 14.7 Å². The Morgan fingerprint density at radius 3 is 2.69 bits per heavy atom. The van der Waals surface area contributed by atoms with Crippen molar-refractivity contribution in [3.63, 3.8) is 0 Å². The molecule has 1 N–H and O–H groups in total. The zero-order valence-corrected chi connectivity index (χ0v) is 18.3. The van der Waals surface area contributed by atoms with Crippen molar-refractivity contribution in [1.82, 2.24) is 24.6 Å². The number of carbonyl (C=O) groups is 1. The van der Waals surface area contributed by atoms with Gasteiger partial charge >= 0.3 is 0 Å². The molecule has 4 heterocycles. The summed E-state index contributed by atoms with van der Waals surface area (Å²) in [4.78, 5) is 27.1. The van der Waals surface area contributed by atoms with Crippen LogP contribution in [0.4, 0.5) is 5.95 Å². The van der Waals surface area contributed by atoms with Crippen LogP contribution in [-0.2, 0) is 4.74 Å². The third-order valence-electron chi connectivity index (χ3n) is 6.37. The molecular formula is C23H28N6O3. The Bertz CT molecular complexity index is 1120. The van der Waals surface area contributed by atoms with Gasteiger partial charge in [-0.2, -0.15) is 14.8 Å². The third kappa shape index (κ3) is 4.18. The number of fused-ring (bicyclic) bond motifs is 1. The molecule has 1 aromatic carbocycles. The van der Waals surface area contributed by atoms with Crippen molar-refractivity contribution in [2.45, 2.75) is 19.3 Å². The number of hydrogen-bond donors (Lipinski definition) is 1. The fourth-order valence-electron chi connectivity index (χ4n) is 4.46. The number of aromatic hydroxyl groups is 1. The molecule has 0 bridgehead atoms. The summed E-state index contributed by atoms with van der Waals surface area (Å²) >= 11 is 0. The Morgan fingerprint density at radius 2 is 1.94 bits per heavy atom. The van der Waals surface area contributed by atoms with Crippen molar-refractivity contribution in [1.29, 1.82) is 0 Å². The van der Waals surface area contributed by atoms with E-state index in [1.807, 2.05) is 6.07 Å². The van der Waals surface area contributed by atoms with Crippen LogP contribution in [0.25, 0.3) is 22.3 Å². The lowest BCUT2D eigenvalue weighted by molar-refractivity contribution is 0.0843. The zero-order valence-electron chi connectivity index (χ0n) is 18.3. The number of anilines is 1. The molecule has 2 fully saturated rings. The smallest absolute Gasteiger partial charge is 0.249 e. The molecule has 9 heteroatoms. The van der Waals surface area contributed by atoms with E-state index in [0.29, 0.717) is 61.3 Å². The van der Waals surface area contributed by atoms with Crippen LogP contribution in [-0.4, -0.2) is 82.1 Å². The first-order valence-electron chi connectivity index (χ1n) is 11.2. The number of carbonyl (C=O) groups excluding carboxylic acids is 1. The molecule has 0 radical (unpaired) electrons. The van der Waals surface area contributed by atoms with E-state index < -0.39 is 0 Å². The van der Waals surface area contributed by atoms with Gasteiger partial charge in [0.25, 0.3) is 0 Å². The molecule has 0 saturated carbocycles. The Hall–Kier alpha value is -3.04. The highest BCUT2D eigenvalue weighted by molar-refractivity contribution is 5.96. The van der Waals surface area contributed by atoms with Gasteiger partial charge in [0.2, 0.25) is 11.9 Å². The van der Waals surface area contributed by atoms with Gasteiger partial charge < -0.3 is 19.6 Å². The molecule has 0 spiro atoms. The number of ether oxygens (including phenoxy) is 1. The van der Waals surface area contributed by atoms with Gasteiger partial charge in [0.05, 0.1) is 30.5 Å². The van der Waals surface area contributed by atoms with Crippen LogP contribution >= 0.6 is 0 Å². The molecule has 9 nitrogen and oxygen atoms in total. The molecule has 5 rings (SSSR count). The lowest BCUT2D eigenvalue weighted by Crippen LogP contribution is -2.37. The first-order chi connectivity index (χ1) is 15.6. The number of rotatable bonds is 4. The van der Waals surface area contributed by atoms with Crippen molar-refractivity contribution in [3.05, 3.63) is 30.5 Å². The largest absolute Gasteiger partial charge is 0.508 e. The molecule has 2 aliphatic heterocycles. The van der Waals surface area contributed by atoms with Crippen molar-refractivity contribution in [2.75, 3.05) is 51.3 Å². The maximum Gasteiger partial charge on any atom is 0.249 e. The fourth-order valence-corrected chi connectivity index (χ4v) is 4.46. The molecule has 32 heavy (non-hydrogen) atoms. The van der Waals surface area contributed by atoms with Crippen LogP contribution in [0.15, 0.2) is 30.5 Å². The standard InChI is InChI=1S/C23H28N6O3/c1-27-7-5-16(6-8-27)13-20(31)29-22-19(15-24-29)21(17-3-2-4-18(30)14-17)25-23(26-22)28-9-11-32-12-10-28/h2-4,14-16,30H,5-13H2,1H3. The highest BCUT2D eigenvalue weighted by Gasteiger charge is 2.25. The number of phenolic OH excluding ortho intramolecular Hbond substituents is 1. The number of likely N-dealkylation sites (tertiary alicyclic amines) is 1. The zero-order chi connectivity index (χ0) is 22.1. The van der Waals surface area contributed by atoms with Crippen LogP contribution in [0.1, 0.15) is 24.1 Å². The normalized spacial score (nSPS) is 18.3. The van der Waals surface area contributed by atoms with E-state index >= 15 is 0 Å². The second-order valence-corrected chi connectivity index (χ2v) is 8.66. The predicted octanol–water partition coefficient (Wildman–Crippen LogP) is 2.41. The fraction of sp³-hybridized carbons (Fsp3) is 0.478. The van der Waals surface area contributed by atoms with Crippen molar-refractivity contribution >= 4 is 22.9 Å². The third-order valence-corrected chi connectivity index (χ3v) is 6.37. The molecule has 168 valence electrons. The van der Waals surface area contributed by atoms with Crippen LogP contribution in [0, 0.1) is 5.92 Å². The van der Waals surface area contributed by atoms with E-state index in [1.54, 1.807) is 24.4 Å². The SMILES string of the molecule is CN1CCC(CC(=O)n2ncc3c(-c4cccc(O)c4)nc(N4CCOCC4)nc32)CC1. The molecule has 0 amide bonds. The Kier molecular flexibility index (Phi) is 5.75. The van der Waals surface area contributed by atoms with Crippen LogP contribution in [0.3, 0.4) is 0 Å². The van der Waals surface area contributed by atoms with Gasteiger partial charge in [0.1, 0.15) is 5.75 Å². The maximum atomic E-state index is 13.2. The average Bonchev–Trinajstić information content (AvgIpc) is 3.25. The second kappa shape index (κ2) is 8.84. The number of hydrogen-bond acceptors (Lipinski definition) is 8. The van der Waals surface area contributed by atoms with Crippen molar-refractivity contribution in [2.24, 2.45) is 5.92 Å². The van der Waals surface area contributed by atoms with Crippen LogP contribution in [0.5, 0.6) is 5.75 Å². The lowest BCUT2D eigenvalue weighted by Gasteiger charge is -2.28. The molecule has 0 aliphatic carbocycles. The molecule has 2 aliphatic rings. The summed E-state index contributed by atoms with van der Waals surface area (Å²) in [7, 11) is 2.12. The predicted molar refractivity (Wildman–Crippen MR) is 121 cm³/mol. The van der Waals surface area contributed by atoms with Gasteiger partial charge in [-0.25, -0.2) is 4.98 Å². The number of benzene rings is 1. The number of phenols is 1. The average molecular weight is 437 g/mol. The Morgan fingerprint density at radius 1 is 1.16 bits per heavy atom.